The Kier molecular flexibility index (Phi) is 7.37. The number of hydrogen-bond acceptors (Lipinski definition) is 7. The fourth-order valence-electron chi connectivity index (χ4n) is 3.54. The molecule has 188 valence electrons. The van der Waals surface area contributed by atoms with Gasteiger partial charge < -0.3 is 19.5 Å². The highest BCUT2D eigenvalue weighted by Crippen LogP contribution is 2.40. The van der Waals surface area contributed by atoms with Gasteiger partial charge in [-0.3, -0.25) is 15.1 Å². The highest BCUT2D eigenvalue weighted by molar-refractivity contribution is 5.99. The summed E-state index contributed by atoms with van der Waals surface area (Å²) >= 11 is 0. The van der Waals surface area contributed by atoms with E-state index in [4.69, 9.17) is 14.2 Å². The van der Waals surface area contributed by atoms with Crippen molar-refractivity contribution in [3.05, 3.63) is 45.5 Å². The number of ether oxygens (including phenoxy) is 3. The number of aromatic nitrogens is 4. The highest BCUT2D eigenvalue weighted by atomic mass is 16.5. The summed E-state index contributed by atoms with van der Waals surface area (Å²) in [6.45, 7) is 9.67. The van der Waals surface area contributed by atoms with E-state index in [0.717, 1.165) is 0 Å². The molecule has 3 aromatic rings. The Morgan fingerprint density at radius 3 is 2.17 bits per heavy atom. The normalized spacial score (nSPS) is 11.2. The van der Waals surface area contributed by atoms with Gasteiger partial charge in [0.15, 0.2) is 11.5 Å². The molecule has 0 saturated carbocycles. The summed E-state index contributed by atoms with van der Waals surface area (Å²) in [6.07, 6.45) is 0.559. The Hall–Kier alpha value is -4.02. The van der Waals surface area contributed by atoms with E-state index in [1.54, 1.807) is 25.1 Å². The van der Waals surface area contributed by atoms with Gasteiger partial charge in [0.2, 0.25) is 11.7 Å². The van der Waals surface area contributed by atoms with Crippen LogP contribution in [-0.4, -0.2) is 47.1 Å². The van der Waals surface area contributed by atoms with Crippen molar-refractivity contribution in [3.63, 3.8) is 0 Å². The molecule has 0 fully saturated rings. The molecule has 0 radical (unpaired) electrons. The molecule has 11 heteroatoms. The molecule has 0 saturated heterocycles. The molecule has 3 rings (SSSR count). The first-order valence-corrected chi connectivity index (χ1v) is 11.1. The maximum Gasteiger partial charge on any atom is 0.324 e. The second kappa shape index (κ2) is 10.1. The zero-order valence-corrected chi connectivity index (χ0v) is 21.3. The number of carbonyl (C=O) groups excluding carboxylic acids is 1. The third-order valence-electron chi connectivity index (χ3n) is 5.41. The summed E-state index contributed by atoms with van der Waals surface area (Å²) < 4.78 is 17.4. The number of methoxy groups -OCH3 is 3. The van der Waals surface area contributed by atoms with Gasteiger partial charge in [0.05, 0.1) is 32.7 Å². The summed E-state index contributed by atoms with van der Waals surface area (Å²) in [7, 11) is 4.49. The van der Waals surface area contributed by atoms with E-state index in [-0.39, 0.29) is 16.9 Å². The van der Waals surface area contributed by atoms with Crippen LogP contribution in [0.4, 0.5) is 16.3 Å². The molecule has 2 aromatic heterocycles. The standard InChI is InChI=1S/C24H32N6O5/c1-9-15-13(2)25-22(28-21(15)31)30-19(12-18(29-30)24(3,4)5)27-23(32)26-14-10-16(33-6)20(35-8)17(11-14)34-7/h10-12H,9H2,1-8H3,(H,25,28,31)(H2,26,27,32). The number of aryl methyl sites for hydroxylation is 1. The SMILES string of the molecule is CCc1c(C)nc(-n2nc(C(C)(C)C)cc2NC(=O)Nc2cc(OC)c(OC)c(OC)c2)[nH]c1=O. The first-order valence-electron chi connectivity index (χ1n) is 11.1. The van der Waals surface area contributed by atoms with Crippen molar-refractivity contribution >= 4 is 17.5 Å². The van der Waals surface area contributed by atoms with Crippen molar-refractivity contribution < 1.29 is 19.0 Å². The van der Waals surface area contributed by atoms with Gasteiger partial charge in [0.25, 0.3) is 5.56 Å². The van der Waals surface area contributed by atoms with Crippen LogP contribution in [0.25, 0.3) is 5.95 Å². The number of amides is 2. The zero-order valence-electron chi connectivity index (χ0n) is 21.3. The summed E-state index contributed by atoms with van der Waals surface area (Å²) in [5, 5.41) is 10.2. The lowest BCUT2D eigenvalue weighted by Crippen LogP contribution is -2.24. The van der Waals surface area contributed by atoms with E-state index in [1.807, 2.05) is 27.7 Å². The number of aromatic amines is 1. The number of rotatable bonds is 7. The van der Waals surface area contributed by atoms with Crippen LogP contribution in [-0.2, 0) is 11.8 Å². The van der Waals surface area contributed by atoms with Crippen LogP contribution in [0.15, 0.2) is 23.0 Å². The molecule has 0 aliphatic carbocycles. The van der Waals surface area contributed by atoms with Gasteiger partial charge in [-0.05, 0) is 13.3 Å². The first-order chi connectivity index (χ1) is 16.5. The topological polar surface area (TPSA) is 132 Å². The van der Waals surface area contributed by atoms with Gasteiger partial charge >= 0.3 is 6.03 Å². The number of H-pyrrole nitrogens is 1. The maximum atomic E-state index is 12.9. The maximum absolute atomic E-state index is 12.9. The van der Waals surface area contributed by atoms with Crippen molar-refractivity contribution in [2.75, 3.05) is 32.0 Å². The van der Waals surface area contributed by atoms with Crippen molar-refractivity contribution in [3.8, 4) is 23.2 Å². The predicted octanol–water partition coefficient (Wildman–Crippen LogP) is 3.79. The average molecular weight is 485 g/mol. The van der Waals surface area contributed by atoms with E-state index in [0.29, 0.717) is 52.1 Å². The van der Waals surface area contributed by atoms with E-state index < -0.39 is 6.03 Å². The van der Waals surface area contributed by atoms with Crippen molar-refractivity contribution in [1.29, 1.82) is 0 Å². The molecule has 2 amide bonds. The van der Waals surface area contributed by atoms with Crippen molar-refractivity contribution in [2.45, 2.75) is 46.5 Å². The number of nitrogens with zero attached hydrogens (tertiary/aromatic N) is 3. The minimum atomic E-state index is -0.537. The van der Waals surface area contributed by atoms with E-state index in [2.05, 4.69) is 25.7 Å². The molecule has 0 aliphatic heterocycles. The molecule has 0 bridgehead atoms. The van der Waals surface area contributed by atoms with Crippen LogP contribution in [0, 0.1) is 6.92 Å². The Bertz CT molecular complexity index is 1260. The molecule has 2 heterocycles. The lowest BCUT2D eigenvalue weighted by Gasteiger charge is -2.15. The third kappa shape index (κ3) is 5.39. The van der Waals surface area contributed by atoms with Crippen molar-refractivity contribution in [1.82, 2.24) is 19.7 Å². The van der Waals surface area contributed by atoms with E-state index in [9.17, 15) is 9.59 Å². The van der Waals surface area contributed by atoms with E-state index in [1.165, 1.54) is 26.0 Å². The van der Waals surface area contributed by atoms with Gasteiger partial charge in [-0.25, -0.2) is 9.78 Å². The van der Waals surface area contributed by atoms with Gasteiger partial charge in [-0.15, -0.1) is 0 Å². The van der Waals surface area contributed by atoms with Crippen LogP contribution in [0.5, 0.6) is 17.2 Å². The number of hydrogen-bond donors (Lipinski definition) is 3. The van der Waals surface area contributed by atoms with Crippen LogP contribution < -0.4 is 30.4 Å². The quantitative estimate of drug-likeness (QED) is 0.465. The first kappa shape index (κ1) is 25.6. The summed E-state index contributed by atoms with van der Waals surface area (Å²) in [6, 6.07) is 4.44. The molecule has 35 heavy (non-hydrogen) atoms. The molecule has 3 N–H and O–H groups in total. The number of anilines is 2. The lowest BCUT2D eigenvalue weighted by molar-refractivity contribution is 0.262. The Morgan fingerprint density at radius 1 is 1.06 bits per heavy atom. The fourth-order valence-corrected chi connectivity index (χ4v) is 3.54. The average Bonchev–Trinajstić information content (AvgIpc) is 3.22. The minimum Gasteiger partial charge on any atom is -0.493 e. The Morgan fingerprint density at radius 2 is 1.69 bits per heavy atom. The molecule has 11 nitrogen and oxygen atoms in total. The minimum absolute atomic E-state index is 0.211. The number of urea groups is 1. The van der Waals surface area contributed by atoms with Gasteiger partial charge in [-0.2, -0.15) is 9.78 Å². The van der Waals surface area contributed by atoms with Crippen LogP contribution in [0.1, 0.15) is 44.6 Å². The largest absolute Gasteiger partial charge is 0.493 e. The second-order valence-electron chi connectivity index (χ2n) is 8.88. The summed E-state index contributed by atoms with van der Waals surface area (Å²) in [5.41, 5.74) is 1.79. The second-order valence-corrected chi connectivity index (χ2v) is 8.88. The van der Waals surface area contributed by atoms with Gasteiger partial charge in [0.1, 0.15) is 5.82 Å². The molecule has 0 unspecified atom stereocenters. The monoisotopic (exact) mass is 484 g/mol. The molecule has 0 spiro atoms. The Balaban J connectivity index is 1.98. The number of benzene rings is 1. The fraction of sp³-hybridized carbons (Fsp3) is 0.417. The smallest absolute Gasteiger partial charge is 0.324 e. The highest BCUT2D eigenvalue weighted by Gasteiger charge is 2.23. The zero-order chi connectivity index (χ0) is 25.9. The van der Waals surface area contributed by atoms with Gasteiger partial charge in [0, 0.05) is 34.9 Å². The molecule has 1 aromatic carbocycles. The number of nitrogens with one attached hydrogen (secondary N) is 3. The molecular weight excluding hydrogens is 452 g/mol. The molecule has 0 aliphatic rings. The summed E-state index contributed by atoms with van der Waals surface area (Å²) in [5.74, 6) is 1.76. The van der Waals surface area contributed by atoms with Crippen molar-refractivity contribution in [2.24, 2.45) is 0 Å². The predicted molar refractivity (Wildman–Crippen MR) is 134 cm³/mol. The molecular formula is C24H32N6O5. The van der Waals surface area contributed by atoms with Crippen LogP contribution >= 0.6 is 0 Å². The van der Waals surface area contributed by atoms with E-state index >= 15 is 0 Å². The number of carbonyl (C=O) groups is 1. The van der Waals surface area contributed by atoms with Gasteiger partial charge in [-0.1, -0.05) is 27.7 Å². The van der Waals surface area contributed by atoms with Crippen LogP contribution in [0.3, 0.4) is 0 Å². The Labute approximate surface area is 203 Å². The third-order valence-corrected chi connectivity index (χ3v) is 5.41. The summed E-state index contributed by atoms with van der Waals surface area (Å²) in [4.78, 5) is 32.8. The van der Waals surface area contributed by atoms with Crippen LogP contribution in [0.2, 0.25) is 0 Å². The molecule has 0 atom stereocenters. The lowest BCUT2D eigenvalue weighted by atomic mass is 9.92.